The first-order valence-electron chi connectivity index (χ1n) is 9.91. The van der Waals surface area contributed by atoms with Crippen LogP contribution < -0.4 is 16.2 Å². The van der Waals surface area contributed by atoms with Gasteiger partial charge in [0.2, 0.25) is 5.91 Å². The van der Waals surface area contributed by atoms with Crippen molar-refractivity contribution < 1.29 is 14.3 Å². The number of nitrogens with one attached hydrogen (secondary N) is 2. The SMILES string of the molecule is COC(=O)c1ccccc1-n1ncc(NCc2cccc(NC(=O)C(C)C)c2)c(Cl)c1=O. The Kier molecular flexibility index (Phi) is 7.27. The molecular formula is C23H23ClN4O4. The number of amides is 1. The molecule has 8 nitrogen and oxygen atoms in total. The summed E-state index contributed by atoms with van der Waals surface area (Å²) in [7, 11) is 1.26. The van der Waals surface area contributed by atoms with Crippen LogP contribution in [0.1, 0.15) is 29.8 Å². The third kappa shape index (κ3) is 5.15. The molecule has 2 aromatic carbocycles. The second-order valence-electron chi connectivity index (χ2n) is 7.30. The maximum atomic E-state index is 12.8. The van der Waals surface area contributed by atoms with E-state index in [4.69, 9.17) is 16.3 Å². The standard InChI is InChI=1S/C23H23ClN4O4/c1-14(2)21(29)27-16-8-6-7-15(11-16)12-25-18-13-26-28(22(30)20(18)24)19-10-5-4-9-17(19)23(31)32-3/h4-11,13-14,25H,12H2,1-3H3,(H,27,29). The number of anilines is 2. The van der Waals surface area contributed by atoms with E-state index in [0.29, 0.717) is 17.9 Å². The molecule has 0 saturated carbocycles. The van der Waals surface area contributed by atoms with Gasteiger partial charge >= 0.3 is 5.97 Å². The number of esters is 1. The van der Waals surface area contributed by atoms with Crippen LogP contribution >= 0.6 is 11.6 Å². The van der Waals surface area contributed by atoms with Gasteiger partial charge in [0.15, 0.2) is 0 Å². The highest BCUT2D eigenvalue weighted by molar-refractivity contribution is 6.33. The summed E-state index contributed by atoms with van der Waals surface area (Å²) in [5.74, 6) is -0.785. The van der Waals surface area contributed by atoms with E-state index in [1.165, 1.54) is 13.3 Å². The van der Waals surface area contributed by atoms with Crippen LogP contribution in [-0.4, -0.2) is 28.8 Å². The summed E-state index contributed by atoms with van der Waals surface area (Å²) in [5, 5.41) is 10.0. The van der Waals surface area contributed by atoms with Gasteiger partial charge < -0.3 is 15.4 Å². The quantitative estimate of drug-likeness (QED) is 0.525. The molecule has 1 aromatic heterocycles. The van der Waals surface area contributed by atoms with Gasteiger partial charge in [0.05, 0.1) is 30.2 Å². The largest absolute Gasteiger partial charge is 0.465 e. The minimum Gasteiger partial charge on any atom is -0.465 e. The fraction of sp³-hybridized carbons (Fsp3) is 0.217. The summed E-state index contributed by atoms with van der Waals surface area (Å²) < 4.78 is 5.83. The molecule has 0 aliphatic heterocycles. The number of aromatic nitrogens is 2. The van der Waals surface area contributed by atoms with E-state index in [1.807, 2.05) is 32.0 Å². The molecule has 0 atom stereocenters. The fourth-order valence-corrected chi connectivity index (χ4v) is 3.11. The molecule has 0 bridgehead atoms. The molecule has 0 radical (unpaired) electrons. The van der Waals surface area contributed by atoms with Crippen molar-refractivity contribution in [2.45, 2.75) is 20.4 Å². The highest BCUT2D eigenvalue weighted by Gasteiger charge is 2.17. The molecule has 3 aromatic rings. The predicted octanol–water partition coefficient (Wildman–Crippen LogP) is 3.88. The van der Waals surface area contributed by atoms with E-state index in [-0.39, 0.29) is 28.1 Å². The van der Waals surface area contributed by atoms with Gasteiger partial charge in [0, 0.05) is 18.2 Å². The lowest BCUT2D eigenvalue weighted by molar-refractivity contribution is -0.118. The van der Waals surface area contributed by atoms with E-state index in [0.717, 1.165) is 10.2 Å². The molecule has 9 heteroatoms. The zero-order chi connectivity index (χ0) is 23.3. The maximum absolute atomic E-state index is 12.8. The molecule has 32 heavy (non-hydrogen) atoms. The molecule has 2 N–H and O–H groups in total. The Balaban J connectivity index is 1.81. The summed E-state index contributed by atoms with van der Waals surface area (Å²) in [4.78, 5) is 36.8. The number of methoxy groups -OCH3 is 1. The van der Waals surface area contributed by atoms with Crippen molar-refractivity contribution in [3.8, 4) is 5.69 Å². The summed E-state index contributed by atoms with van der Waals surface area (Å²) in [6, 6.07) is 13.8. The van der Waals surface area contributed by atoms with Crippen LogP contribution in [0.3, 0.4) is 0 Å². The molecule has 0 saturated heterocycles. The molecule has 0 aliphatic rings. The van der Waals surface area contributed by atoms with Crippen LogP contribution in [0.15, 0.2) is 59.5 Å². The van der Waals surface area contributed by atoms with Crippen molar-refractivity contribution in [1.82, 2.24) is 9.78 Å². The Hall–Kier alpha value is -3.65. The number of carbonyl (C=O) groups excluding carboxylic acids is 2. The first-order valence-corrected chi connectivity index (χ1v) is 10.3. The average Bonchev–Trinajstić information content (AvgIpc) is 2.79. The van der Waals surface area contributed by atoms with E-state index in [9.17, 15) is 14.4 Å². The van der Waals surface area contributed by atoms with Crippen LogP contribution in [0, 0.1) is 5.92 Å². The monoisotopic (exact) mass is 454 g/mol. The topological polar surface area (TPSA) is 102 Å². The van der Waals surface area contributed by atoms with E-state index in [2.05, 4.69) is 15.7 Å². The predicted molar refractivity (Wildman–Crippen MR) is 123 cm³/mol. The fourth-order valence-electron chi connectivity index (χ4n) is 2.91. The minimum atomic E-state index is -0.586. The number of halogens is 1. The first-order chi connectivity index (χ1) is 15.3. The Morgan fingerprint density at radius 1 is 1.16 bits per heavy atom. The smallest absolute Gasteiger partial charge is 0.340 e. The molecule has 3 rings (SSSR count). The number of ether oxygens (including phenoxy) is 1. The molecule has 1 amide bonds. The summed E-state index contributed by atoms with van der Waals surface area (Å²) in [6.07, 6.45) is 1.42. The number of benzene rings is 2. The molecule has 166 valence electrons. The van der Waals surface area contributed by atoms with Crippen LogP contribution in [0.5, 0.6) is 0 Å². The first kappa shape index (κ1) is 23.0. The van der Waals surface area contributed by atoms with Crippen LogP contribution in [-0.2, 0) is 16.1 Å². The van der Waals surface area contributed by atoms with Crippen LogP contribution in [0.4, 0.5) is 11.4 Å². The Morgan fingerprint density at radius 2 is 1.91 bits per heavy atom. The van der Waals surface area contributed by atoms with Gasteiger partial charge in [-0.05, 0) is 29.8 Å². The Labute approximate surface area is 190 Å². The van der Waals surface area contributed by atoms with Gasteiger partial charge in [-0.1, -0.05) is 49.7 Å². The van der Waals surface area contributed by atoms with Crippen molar-refractivity contribution in [3.63, 3.8) is 0 Å². The second-order valence-corrected chi connectivity index (χ2v) is 7.67. The summed E-state index contributed by atoms with van der Waals surface area (Å²) >= 11 is 6.31. The molecule has 0 spiro atoms. The van der Waals surface area contributed by atoms with Crippen LogP contribution in [0.25, 0.3) is 5.69 Å². The summed E-state index contributed by atoms with van der Waals surface area (Å²) in [5.41, 5.74) is 1.80. The number of carbonyl (C=O) groups is 2. The third-order valence-electron chi connectivity index (χ3n) is 4.66. The molecule has 0 aliphatic carbocycles. The van der Waals surface area contributed by atoms with Gasteiger partial charge in [0.1, 0.15) is 5.02 Å². The molecule has 0 unspecified atom stereocenters. The van der Waals surface area contributed by atoms with Crippen molar-refractivity contribution in [2.24, 2.45) is 5.92 Å². The molecule has 1 heterocycles. The van der Waals surface area contributed by atoms with E-state index in [1.54, 1.807) is 30.3 Å². The van der Waals surface area contributed by atoms with Crippen molar-refractivity contribution in [3.05, 3.63) is 81.2 Å². The van der Waals surface area contributed by atoms with Crippen molar-refractivity contribution in [1.29, 1.82) is 0 Å². The third-order valence-corrected chi connectivity index (χ3v) is 5.02. The maximum Gasteiger partial charge on any atom is 0.340 e. The number of nitrogens with zero attached hydrogens (tertiary/aromatic N) is 2. The highest BCUT2D eigenvalue weighted by atomic mass is 35.5. The van der Waals surface area contributed by atoms with Gasteiger partial charge in [0.25, 0.3) is 5.56 Å². The number of para-hydroxylation sites is 1. The number of hydrogen-bond acceptors (Lipinski definition) is 6. The normalized spacial score (nSPS) is 10.7. The number of rotatable bonds is 7. The highest BCUT2D eigenvalue weighted by Crippen LogP contribution is 2.20. The average molecular weight is 455 g/mol. The zero-order valence-corrected chi connectivity index (χ0v) is 18.6. The second kappa shape index (κ2) is 10.1. The Morgan fingerprint density at radius 3 is 2.62 bits per heavy atom. The Bertz CT molecular complexity index is 1210. The molecular weight excluding hydrogens is 432 g/mol. The van der Waals surface area contributed by atoms with Crippen molar-refractivity contribution in [2.75, 3.05) is 17.7 Å². The van der Waals surface area contributed by atoms with Gasteiger partial charge in [-0.2, -0.15) is 9.78 Å². The summed E-state index contributed by atoms with van der Waals surface area (Å²) in [6.45, 7) is 4.00. The lowest BCUT2D eigenvalue weighted by atomic mass is 10.1. The lowest BCUT2D eigenvalue weighted by Gasteiger charge is -2.13. The van der Waals surface area contributed by atoms with Crippen LogP contribution in [0.2, 0.25) is 5.02 Å². The zero-order valence-electron chi connectivity index (χ0n) is 17.9. The van der Waals surface area contributed by atoms with Crippen molar-refractivity contribution >= 4 is 34.9 Å². The molecule has 0 fully saturated rings. The van der Waals surface area contributed by atoms with Gasteiger partial charge in [-0.25, -0.2) is 4.79 Å². The van der Waals surface area contributed by atoms with Gasteiger partial charge in [-0.15, -0.1) is 0 Å². The van der Waals surface area contributed by atoms with Gasteiger partial charge in [-0.3, -0.25) is 9.59 Å². The van der Waals surface area contributed by atoms with E-state index < -0.39 is 11.5 Å². The number of hydrogen-bond donors (Lipinski definition) is 2. The van der Waals surface area contributed by atoms with E-state index >= 15 is 0 Å². The minimum absolute atomic E-state index is 0.0658. The lowest BCUT2D eigenvalue weighted by Crippen LogP contribution is -2.24.